The Labute approximate surface area is 138 Å². The number of hydrogen-bond acceptors (Lipinski definition) is 4. The lowest BCUT2D eigenvalue weighted by Crippen LogP contribution is -2.45. The quantitative estimate of drug-likeness (QED) is 0.829. The summed E-state index contributed by atoms with van der Waals surface area (Å²) in [7, 11) is 3.65. The molecule has 2 N–H and O–H groups in total. The molecule has 0 atom stereocenters. The van der Waals surface area contributed by atoms with Crippen LogP contribution in [0.3, 0.4) is 0 Å². The number of rotatable bonds is 6. The summed E-state index contributed by atoms with van der Waals surface area (Å²) in [6.07, 6.45) is 2.22. The number of piperidine rings is 1. The lowest BCUT2D eigenvalue weighted by molar-refractivity contribution is -0.122. The van der Waals surface area contributed by atoms with Crippen molar-refractivity contribution in [3.63, 3.8) is 0 Å². The Bertz CT molecular complexity index is 462. The van der Waals surface area contributed by atoms with Crippen molar-refractivity contribution in [2.45, 2.75) is 25.4 Å². The Morgan fingerprint density at radius 3 is 2.73 bits per heavy atom. The number of carbonyl (C=O) groups excluding carboxylic acids is 1. The maximum absolute atomic E-state index is 12.0. The molecule has 1 aliphatic rings. The molecule has 0 saturated carbocycles. The number of nitrogens with zero attached hydrogens (tertiary/aromatic N) is 1. The molecule has 1 aromatic rings. The predicted molar refractivity (Wildman–Crippen MR) is 90.6 cm³/mol. The first-order valence-electron chi connectivity index (χ1n) is 7.50. The van der Waals surface area contributed by atoms with E-state index in [4.69, 9.17) is 4.74 Å². The molecule has 1 aliphatic heterocycles. The van der Waals surface area contributed by atoms with Gasteiger partial charge in [-0.25, -0.2) is 0 Å². The van der Waals surface area contributed by atoms with Crippen molar-refractivity contribution in [2.75, 3.05) is 33.8 Å². The van der Waals surface area contributed by atoms with Crippen LogP contribution in [0.25, 0.3) is 0 Å². The lowest BCUT2D eigenvalue weighted by atomic mass is 10.1. The van der Waals surface area contributed by atoms with E-state index in [1.165, 1.54) is 0 Å². The van der Waals surface area contributed by atoms with Crippen LogP contribution in [0.4, 0.5) is 0 Å². The molecule has 0 unspecified atom stereocenters. The minimum Gasteiger partial charge on any atom is -0.497 e. The van der Waals surface area contributed by atoms with Crippen molar-refractivity contribution in [1.29, 1.82) is 0 Å². The van der Waals surface area contributed by atoms with Gasteiger partial charge in [-0.1, -0.05) is 12.1 Å². The Morgan fingerprint density at radius 1 is 1.36 bits per heavy atom. The van der Waals surface area contributed by atoms with E-state index < -0.39 is 0 Å². The first-order valence-corrected chi connectivity index (χ1v) is 7.50. The van der Waals surface area contributed by atoms with Crippen molar-refractivity contribution in [3.05, 3.63) is 29.8 Å². The fraction of sp³-hybridized carbons (Fsp3) is 0.562. The molecule has 1 heterocycles. The smallest absolute Gasteiger partial charge is 0.234 e. The van der Waals surface area contributed by atoms with Gasteiger partial charge in [-0.05, 0) is 37.6 Å². The van der Waals surface area contributed by atoms with Gasteiger partial charge in [-0.2, -0.15) is 0 Å². The third kappa shape index (κ3) is 5.83. The second-order valence-corrected chi connectivity index (χ2v) is 5.47. The molecule has 0 aromatic heterocycles. The molecule has 5 nitrogen and oxygen atoms in total. The van der Waals surface area contributed by atoms with E-state index in [9.17, 15) is 4.79 Å². The Balaban J connectivity index is 0.00000242. The number of likely N-dealkylation sites (tertiary alicyclic amines) is 1. The summed E-state index contributed by atoms with van der Waals surface area (Å²) in [4.78, 5) is 14.2. The van der Waals surface area contributed by atoms with Crippen molar-refractivity contribution in [2.24, 2.45) is 0 Å². The van der Waals surface area contributed by atoms with Crippen molar-refractivity contribution in [3.8, 4) is 5.75 Å². The number of carbonyl (C=O) groups is 1. The number of halogens is 1. The van der Waals surface area contributed by atoms with E-state index in [1.54, 1.807) is 7.11 Å². The minimum atomic E-state index is 0. The predicted octanol–water partition coefficient (Wildman–Crippen LogP) is 1.42. The standard InChI is InChI=1S/C16H25N3O2.ClH/c1-17-14-6-8-19(9-7-14)12-16(20)18-11-13-4-3-5-15(10-13)21-2;/h3-5,10,14,17H,6-9,11-12H2,1-2H3,(H,18,20);1H. The fourth-order valence-electron chi connectivity index (χ4n) is 2.62. The van der Waals surface area contributed by atoms with Crippen molar-refractivity contribution >= 4 is 18.3 Å². The second kappa shape index (κ2) is 9.66. The van der Waals surface area contributed by atoms with Gasteiger partial charge in [-0.15, -0.1) is 12.4 Å². The molecular weight excluding hydrogens is 302 g/mol. The third-order valence-electron chi connectivity index (χ3n) is 3.99. The number of hydrogen-bond donors (Lipinski definition) is 2. The molecule has 1 aromatic carbocycles. The van der Waals surface area contributed by atoms with Crippen LogP contribution in [0.5, 0.6) is 5.75 Å². The van der Waals surface area contributed by atoms with Gasteiger partial charge < -0.3 is 15.4 Å². The zero-order chi connectivity index (χ0) is 15.1. The number of benzene rings is 1. The van der Waals surface area contributed by atoms with E-state index in [-0.39, 0.29) is 18.3 Å². The fourth-order valence-corrected chi connectivity index (χ4v) is 2.62. The number of amides is 1. The maximum Gasteiger partial charge on any atom is 0.234 e. The van der Waals surface area contributed by atoms with Gasteiger partial charge in [0, 0.05) is 25.7 Å². The van der Waals surface area contributed by atoms with Crippen LogP contribution in [0.15, 0.2) is 24.3 Å². The average Bonchev–Trinajstić information content (AvgIpc) is 2.54. The molecule has 0 radical (unpaired) electrons. The Hall–Kier alpha value is -1.30. The number of nitrogens with one attached hydrogen (secondary N) is 2. The SMILES string of the molecule is CNC1CCN(CC(=O)NCc2cccc(OC)c2)CC1.Cl. The van der Waals surface area contributed by atoms with Gasteiger partial charge in [-0.3, -0.25) is 9.69 Å². The molecule has 1 saturated heterocycles. The molecule has 0 aliphatic carbocycles. The molecule has 124 valence electrons. The molecule has 0 bridgehead atoms. The topological polar surface area (TPSA) is 53.6 Å². The molecule has 2 rings (SSSR count). The summed E-state index contributed by atoms with van der Waals surface area (Å²) in [6, 6.07) is 8.36. The van der Waals surface area contributed by atoms with Crippen molar-refractivity contribution < 1.29 is 9.53 Å². The maximum atomic E-state index is 12.0. The molecule has 1 amide bonds. The monoisotopic (exact) mass is 327 g/mol. The van der Waals surface area contributed by atoms with Gasteiger partial charge in [0.2, 0.25) is 5.91 Å². The number of ether oxygens (including phenoxy) is 1. The molecule has 0 spiro atoms. The highest BCUT2D eigenvalue weighted by atomic mass is 35.5. The number of methoxy groups -OCH3 is 1. The van der Waals surface area contributed by atoms with Crippen LogP contribution in [0, 0.1) is 0 Å². The molecule has 6 heteroatoms. The Morgan fingerprint density at radius 2 is 2.09 bits per heavy atom. The van der Waals surface area contributed by atoms with Crippen LogP contribution in [-0.2, 0) is 11.3 Å². The van der Waals surface area contributed by atoms with E-state index in [1.807, 2.05) is 31.3 Å². The third-order valence-corrected chi connectivity index (χ3v) is 3.99. The van der Waals surface area contributed by atoms with E-state index in [0.29, 0.717) is 19.1 Å². The summed E-state index contributed by atoms with van der Waals surface area (Å²) >= 11 is 0. The largest absolute Gasteiger partial charge is 0.497 e. The van der Waals surface area contributed by atoms with Gasteiger partial charge in [0.15, 0.2) is 0 Å². The highest BCUT2D eigenvalue weighted by Crippen LogP contribution is 2.12. The molecule has 1 fully saturated rings. The first-order chi connectivity index (χ1) is 10.2. The highest BCUT2D eigenvalue weighted by Gasteiger charge is 2.19. The van der Waals surface area contributed by atoms with E-state index in [2.05, 4.69) is 15.5 Å². The Kier molecular flexibility index (Phi) is 8.24. The molecular formula is C16H26ClN3O2. The van der Waals surface area contributed by atoms with Crippen LogP contribution in [-0.4, -0.2) is 50.6 Å². The lowest BCUT2D eigenvalue weighted by Gasteiger charge is -2.31. The zero-order valence-corrected chi connectivity index (χ0v) is 14.1. The average molecular weight is 328 g/mol. The first kappa shape index (κ1) is 18.7. The summed E-state index contributed by atoms with van der Waals surface area (Å²) < 4.78 is 5.18. The minimum absolute atomic E-state index is 0. The highest BCUT2D eigenvalue weighted by molar-refractivity contribution is 5.85. The van der Waals surface area contributed by atoms with E-state index in [0.717, 1.165) is 37.2 Å². The van der Waals surface area contributed by atoms with Gasteiger partial charge in [0.1, 0.15) is 5.75 Å². The van der Waals surface area contributed by atoms with Crippen LogP contribution < -0.4 is 15.4 Å². The second-order valence-electron chi connectivity index (χ2n) is 5.47. The van der Waals surface area contributed by atoms with Gasteiger partial charge in [0.25, 0.3) is 0 Å². The van der Waals surface area contributed by atoms with Gasteiger partial charge >= 0.3 is 0 Å². The summed E-state index contributed by atoms with van der Waals surface area (Å²) in [5.74, 6) is 0.900. The zero-order valence-electron chi connectivity index (χ0n) is 13.3. The molecule has 22 heavy (non-hydrogen) atoms. The van der Waals surface area contributed by atoms with E-state index >= 15 is 0 Å². The summed E-state index contributed by atoms with van der Waals surface area (Å²) in [5, 5.41) is 6.27. The van der Waals surface area contributed by atoms with Crippen LogP contribution in [0.2, 0.25) is 0 Å². The normalized spacial score (nSPS) is 15.9. The summed E-state index contributed by atoms with van der Waals surface area (Å²) in [5.41, 5.74) is 1.05. The van der Waals surface area contributed by atoms with Gasteiger partial charge in [0.05, 0.1) is 13.7 Å². The van der Waals surface area contributed by atoms with Crippen LogP contribution in [0.1, 0.15) is 18.4 Å². The van der Waals surface area contributed by atoms with Crippen LogP contribution >= 0.6 is 12.4 Å². The van der Waals surface area contributed by atoms with Crippen molar-refractivity contribution in [1.82, 2.24) is 15.5 Å². The summed E-state index contributed by atoms with van der Waals surface area (Å²) in [6.45, 7) is 3.00.